The van der Waals surface area contributed by atoms with Crippen molar-refractivity contribution in [1.82, 2.24) is 4.98 Å². The van der Waals surface area contributed by atoms with E-state index in [2.05, 4.69) is 59.9 Å². The van der Waals surface area contributed by atoms with Crippen LogP contribution in [0.3, 0.4) is 0 Å². The lowest BCUT2D eigenvalue weighted by molar-refractivity contribution is -0.137. The van der Waals surface area contributed by atoms with Gasteiger partial charge in [-0.2, -0.15) is 13.2 Å². The number of halogens is 3. The summed E-state index contributed by atoms with van der Waals surface area (Å²) >= 11 is 0. The average molecular weight is 612 g/mol. The number of hydrogen-bond acceptors (Lipinski definition) is 3. The van der Waals surface area contributed by atoms with Crippen LogP contribution in [0.15, 0.2) is 36.4 Å². The summed E-state index contributed by atoms with van der Waals surface area (Å²) in [6.45, 7) is 15.9. The summed E-state index contributed by atoms with van der Waals surface area (Å²) in [4.78, 5) is 20.0. The van der Waals surface area contributed by atoms with Crippen molar-refractivity contribution in [2.45, 2.75) is 135 Å². The van der Waals surface area contributed by atoms with E-state index in [1.54, 1.807) is 0 Å². The Morgan fingerprint density at radius 1 is 0.977 bits per heavy atom. The van der Waals surface area contributed by atoms with E-state index in [0.717, 1.165) is 92.4 Å². The van der Waals surface area contributed by atoms with E-state index in [9.17, 15) is 18.0 Å². The van der Waals surface area contributed by atoms with Crippen molar-refractivity contribution in [3.63, 3.8) is 0 Å². The van der Waals surface area contributed by atoms with Gasteiger partial charge in [0, 0.05) is 28.3 Å². The number of carbonyl (C=O) groups excluding carboxylic acids is 1. The Hall–Kier alpha value is -2.25. The highest BCUT2D eigenvalue weighted by Gasteiger charge is 2.46. The monoisotopic (exact) mass is 611 g/mol. The molecule has 5 rings (SSSR count). The highest BCUT2D eigenvalue weighted by Crippen LogP contribution is 2.52. The number of benzene rings is 1. The molecule has 2 aromatic rings. The number of hydrogen-bond donors (Lipinski definition) is 0. The molecule has 7 heteroatoms. The second kappa shape index (κ2) is 11.6. The fourth-order valence-corrected chi connectivity index (χ4v) is 8.35. The van der Waals surface area contributed by atoms with Gasteiger partial charge in [0.2, 0.25) is 0 Å². The van der Waals surface area contributed by atoms with E-state index in [4.69, 9.17) is 9.41 Å². The van der Waals surface area contributed by atoms with Crippen molar-refractivity contribution in [3.8, 4) is 0 Å². The zero-order valence-electron chi connectivity index (χ0n) is 27.0. The number of rotatable bonds is 6. The van der Waals surface area contributed by atoms with Crippen LogP contribution >= 0.6 is 0 Å². The number of alkyl halides is 3. The third-order valence-electron chi connectivity index (χ3n) is 10.4. The first-order valence-electron chi connectivity index (χ1n) is 16.1. The molecule has 0 N–H and O–H groups in total. The molecule has 0 spiro atoms. The molecule has 0 amide bonds. The van der Waals surface area contributed by atoms with E-state index < -0.39 is 20.1 Å². The molecule has 0 saturated heterocycles. The molecule has 2 unspecified atom stereocenters. The van der Waals surface area contributed by atoms with Crippen molar-refractivity contribution in [2.24, 2.45) is 5.41 Å². The normalized spacial score (nSPS) is 22.9. The molecular weight excluding hydrogens is 563 g/mol. The van der Waals surface area contributed by atoms with Crippen LogP contribution in [0.25, 0.3) is 0 Å². The van der Waals surface area contributed by atoms with Gasteiger partial charge in [-0.3, -0.25) is 9.78 Å². The van der Waals surface area contributed by atoms with Gasteiger partial charge in [0.25, 0.3) is 0 Å². The van der Waals surface area contributed by atoms with Gasteiger partial charge >= 0.3 is 6.18 Å². The lowest BCUT2D eigenvalue weighted by Crippen LogP contribution is -2.44. The Balaban J connectivity index is 1.77. The van der Waals surface area contributed by atoms with Crippen LogP contribution in [-0.4, -0.2) is 19.1 Å². The molecule has 3 nitrogen and oxygen atoms in total. The molecule has 1 aromatic heterocycles. The Labute approximate surface area is 256 Å². The highest BCUT2D eigenvalue weighted by atomic mass is 28.4. The Bertz CT molecular complexity index is 1380. The summed E-state index contributed by atoms with van der Waals surface area (Å²) in [5.74, 6) is 0.0106. The molecule has 1 saturated carbocycles. The summed E-state index contributed by atoms with van der Waals surface area (Å²) < 4.78 is 47.5. The fourth-order valence-electron chi connectivity index (χ4n) is 7.09. The van der Waals surface area contributed by atoms with Crippen LogP contribution in [0.4, 0.5) is 13.2 Å². The van der Waals surface area contributed by atoms with Crippen LogP contribution in [0, 0.1) is 5.41 Å². The second-order valence-electron chi connectivity index (χ2n) is 15.4. The second-order valence-corrected chi connectivity index (χ2v) is 20.2. The molecule has 1 aromatic carbocycles. The quantitative estimate of drug-likeness (QED) is 0.185. The standard InChI is InChI=1S/C36H48F3NO2Si/c1-34(2,3)43(6,7)42-28-22-35(4,5)21-27-30(28)29(23-13-11-12-14-23)31(32(40-27)24-15-9-8-10-16-24)33(41)25-17-19-26(20-18-25)36(37,38)39/h9,15,17-20,23-24,28H,8,10-14,16,21-22H2,1-7H3. The largest absolute Gasteiger partial charge is 0.416 e. The Morgan fingerprint density at radius 2 is 1.63 bits per heavy atom. The molecule has 1 heterocycles. The predicted octanol–water partition coefficient (Wildman–Crippen LogP) is 10.8. The smallest absolute Gasteiger partial charge is 0.410 e. The SMILES string of the molecule is CC1(C)Cc2nc(C3C=CCCC3)c(C(=O)c3ccc(C(F)(F)F)cc3)c(C3CCCC3)c2C(O[Si](C)(C)C(C)(C)C)C1. The van der Waals surface area contributed by atoms with Gasteiger partial charge in [0.1, 0.15) is 0 Å². The molecule has 43 heavy (non-hydrogen) atoms. The fraction of sp³-hybridized carbons (Fsp3) is 0.611. The van der Waals surface area contributed by atoms with Gasteiger partial charge in [-0.1, -0.05) is 71.7 Å². The summed E-state index contributed by atoms with van der Waals surface area (Å²) in [6.07, 6.45) is 8.57. The lowest BCUT2D eigenvalue weighted by atomic mass is 9.70. The molecule has 0 aliphatic heterocycles. The number of nitrogens with zero attached hydrogens (tertiary/aromatic N) is 1. The first kappa shape index (κ1) is 32.1. The number of carbonyl (C=O) groups is 1. The van der Waals surface area contributed by atoms with E-state index in [-0.39, 0.29) is 39.7 Å². The first-order chi connectivity index (χ1) is 20.0. The van der Waals surface area contributed by atoms with Gasteiger partial charge in [0.05, 0.1) is 17.4 Å². The third kappa shape index (κ3) is 6.58. The van der Waals surface area contributed by atoms with Crippen molar-refractivity contribution in [1.29, 1.82) is 0 Å². The summed E-state index contributed by atoms with van der Waals surface area (Å²) in [5, 5.41) is 0.0153. The van der Waals surface area contributed by atoms with Crippen molar-refractivity contribution < 1.29 is 22.4 Å². The summed E-state index contributed by atoms with van der Waals surface area (Å²) in [6, 6.07) is 4.74. The highest BCUT2D eigenvalue weighted by molar-refractivity contribution is 6.74. The number of allylic oxidation sites excluding steroid dienone is 2. The maximum atomic E-state index is 14.6. The molecule has 234 valence electrons. The Kier molecular flexibility index (Phi) is 8.67. The number of aromatic nitrogens is 1. The topological polar surface area (TPSA) is 39.2 Å². The average Bonchev–Trinajstić information content (AvgIpc) is 3.45. The van der Waals surface area contributed by atoms with Crippen LogP contribution in [0.1, 0.15) is 148 Å². The van der Waals surface area contributed by atoms with Gasteiger partial charge < -0.3 is 4.43 Å². The molecule has 2 atom stereocenters. The van der Waals surface area contributed by atoms with Crippen molar-refractivity contribution >= 4 is 14.1 Å². The zero-order chi connectivity index (χ0) is 31.4. The maximum absolute atomic E-state index is 14.6. The zero-order valence-corrected chi connectivity index (χ0v) is 28.0. The van der Waals surface area contributed by atoms with Gasteiger partial charge in [-0.25, -0.2) is 0 Å². The van der Waals surface area contributed by atoms with Gasteiger partial charge in [-0.05, 0) is 92.1 Å². The minimum absolute atomic E-state index is 0.0115. The molecule has 1 fully saturated rings. The van der Waals surface area contributed by atoms with Crippen LogP contribution < -0.4 is 0 Å². The van der Waals surface area contributed by atoms with E-state index in [0.29, 0.717) is 5.56 Å². The molecule has 0 radical (unpaired) electrons. The summed E-state index contributed by atoms with van der Waals surface area (Å²) in [7, 11) is -2.19. The maximum Gasteiger partial charge on any atom is 0.416 e. The number of ketones is 1. The van der Waals surface area contributed by atoms with Crippen molar-refractivity contribution in [3.05, 3.63) is 75.6 Å². The van der Waals surface area contributed by atoms with E-state index >= 15 is 0 Å². The minimum Gasteiger partial charge on any atom is -0.410 e. The van der Waals surface area contributed by atoms with Crippen LogP contribution in [-0.2, 0) is 17.0 Å². The molecule has 3 aliphatic rings. The molecule has 0 bridgehead atoms. The van der Waals surface area contributed by atoms with Crippen molar-refractivity contribution in [2.75, 3.05) is 0 Å². The summed E-state index contributed by atoms with van der Waals surface area (Å²) in [5.41, 5.74) is 4.21. The third-order valence-corrected chi connectivity index (χ3v) is 14.9. The van der Waals surface area contributed by atoms with E-state index in [1.165, 1.54) is 12.1 Å². The van der Waals surface area contributed by atoms with E-state index in [1.807, 2.05) is 0 Å². The molecule has 3 aliphatic carbocycles. The molecular formula is C36H48F3NO2Si. The van der Waals surface area contributed by atoms with Gasteiger partial charge in [0.15, 0.2) is 14.1 Å². The van der Waals surface area contributed by atoms with Crippen LogP contribution in [0.2, 0.25) is 18.1 Å². The minimum atomic E-state index is -4.46. The first-order valence-corrected chi connectivity index (χ1v) is 19.0. The number of pyridine rings is 1. The number of fused-ring (bicyclic) bond motifs is 1. The Morgan fingerprint density at radius 3 is 2.19 bits per heavy atom. The predicted molar refractivity (Wildman–Crippen MR) is 169 cm³/mol. The lowest BCUT2D eigenvalue weighted by Gasteiger charge is -2.45. The van der Waals surface area contributed by atoms with Gasteiger partial charge in [-0.15, -0.1) is 0 Å². The van der Waals surface area contributed by atoms with Crippen LogP contribution in [0.5, 0.6) is 0 Å².